The normalized spacial score (nSPS) is 15.9. The number of likely N-dealkylation sites (tertiary alicyclic amines) is 1. The number of primary amides is 2. The van der Waals surface area contributed by atoms with Gasteiger partial charge in [-0.05, 0) is 115 Å². The maximum absolute atomic E-state index is 14.6. The van der Waals surface area contributed by atoms with Gasteiger partial charge < -0.3 is 92.3 Å². The standard InChI is InChI=1S/C55H91N17O14S/c1-30(2)27-39(51(82)70-38(54(85)86)22-26-87-5)66-44(75)29-63-52(83)41-17-12-25-72(41)53(84)40(28-33-13-7-6-8-14-33)71-50(81)37(19-21-43(59)74)69-49(80)36(18-20-42(58)73)68-46(77)32(4)65-48(79)35(16-9-10-23-56)67-45(76)31(3)64-47(78)34(57)15-11-24-62-55(60)61/h6-8,13-14,30-32,34-41H,9-12,15-29,56-57H2,1-5H3,(H2,58,73)(H2,59,74)(H,63,83)(H,64,78)(H,65,79)(H,66,75)(H,67,76)(H,68,77)(H,69,80)(H,70,82)(H,71,81)(H,85,86)(H4,60,61,62)/t31-,32-,34-,35-,36-,37-,38-,39-,40-,41-/m0/s1. The van der Waals surface area contributed by atoms with Crippen LogP contribution in [0.15, 0.2) is 35.3 Å². The summed E-state index contributed by atoms with van der Waals surface area (Å²) < 4.78 is 0. The van der Waals surface area contributed by atoms with Crippen molar-refractivity contribution in [1.82, 2.24) is 52.8 Å². The largest absolute Gasteiger partial charge is 0.480 e. The van der Waals surface area contributed by atoms with Gasteiger partial charge in [-0.2, -0.15) is 11.8 Å². The van der Waals surface area contributed by atoms with Gasteiger partial charge in [0.25, 0.3) is 0 Å². The number of guanidine groups is 1. The molecule has 1 aromatic carbocycles. The second kappa shape index (κ2) is 39.5. The van der Waals surface area contributed by atoms with Gasteiger partial charge in [0.15, 0.2) is 5.96 Å². The number of amides is 12. The minimum atomic E-state index is -1.62. The average Bonchev–Trinajstić information content (AvgIpc) is 4.23. The Labute approximate surface area is 510 Å². The topological polar surface area (TPSA) is 522 Å². The molecule has 12 amide bonds. The molecular weight excluding hydrogens is 1150 g/mol. The third-order valence-electron chi connectivity index (χ3n) is 13.8. The molecule has 0 aliphatic carbocycles. The second-order valence-electron chi connectivity index (χ2n) is 21.6. The van der Waals surface area contributed by atoms with Gasteiger partial charge in [-0.15, -0.1) is 0 Å². The molecule has 1 saturated heterocycles. The van der Waals surface area contributed by atoms with Gasteiger partial charge in [-0.25, -0.2) is 4.79 Å². The summed E-state index contributed by atoms with van der Waals surface area (Å²) in [6.45, 7) is 6.18. The van der Waals surface area contributed by atoms with Gasteiger partial charge >= 0.3 is 5.97 Å². The molecule has 1 aromatic rings. The lowest BCUT2D eigenvalue weighted by Gasteiger charge is -2.30. The number of rotatable bonds is 41. The molecule has 10 atom stereocenters. The number of benzene rings is 1. The molecule has 0 saturated carbocycles. The van der Waals surface area contributed by atoms with Crippen molar-refractivity contribution in [2.45, 2.75) is 178 Å². The van der Waals surface area contributed by atoms with E-state index in [0.717, 1.165) is 0 Å². The Bertz CT molecular complexity index is 2540. The molecule has 1 fully saturated rings. The highest BCUT2D eigenvalue weighted by Crippen LogP contribution is 2.21. The fourth-order valence-electron chi connectivity index (χ4n) is 8.98. The Hall–Kier alpha value is -8.13. The number of carboxylic acids is 1. The van der Waals surface area contributed by atoms with Gasteiger partial charge in [0.2, 0.25) is 70.9 Å². The third kappa shape index (κ3) is 28.7. The molecule has 2 rings (SSSR count). The van der Waals surface area contributed by atoms with E-state index in [0.29, 0.717) is 37.0 Å². The van der Waals surface area contributed by atoms with E-state index in [1.54, 1.807) is 50.4 Å². The van der Waals surface area contributed by atoms with Crippen LogP contribution < -0.4 is 82.3 Å². The first-order valence-electron chi connectivity index (χ1n) is 28.9. The van der Waals surface area contributed by atoms with Crippen LogP contribution in [0.1, 0.15) is 117 Å². The molecule has 87 heavy (non-hydrogen) atoms. The predicted octanol–water partition coefficient (Wildman–Crippen LogP) is -4.82. The number of carbonyl (C=O) groups excluding carboxylic acids is 12. The van der Waals surface area contributed by atoms with Crippen LogP contribution in [0.4, 0.5) is 0 Å². The molecule has 0 radical (unpaired) electrons. The van der Waals surface area contributed by atoms with Gasteiger partial charge in [-0.3, -0.25) is 62.5 Å². The number of carboxylic acid groups (broad SMARTS) is 1. The first-order valence-corrected chi connectivity index (χ1v) is 30.3. The zero-order valence-corrected chi connectivity index (χ0v) is 51.0. The summed E-state index contributed by atoms with van der Waals surface area (Å²) in [6, 6.07) is -4.48. The number of aliphatic carboxylic acids is 1. The van der Waals surface area contributed by atoms with Crippen LogP contribution >= 0.6 is 11.8 Å². The molecule has 1 heterocycles. The monoisotopic (exact) mass is 1250 g/mol. The number of aliphatic imine (C=N–C) groups is 1. The summed E-state index contributed by atoms with van der Waals surface area (Å²) in [7, 11) is 0. The number of carbonyl (C=O) groups is 13. The lowest BCUT2D eigenvalue weighted by molar-refractivity contribution is -0.142. The van der Waals surface area contributed by atoms with Crippen molar-refractivity contribution in [3.8, 4) is 0 Å². The van der Waals surface area contributed by atoms with E-state index >= 15 is 0 Å². The van der Waals surface area contributed by atoms with Crippen molar-refractivity contribution in [3.05, 3.63) is 35.9 Å². The number of nitrogens with zero attached hydrogens (tertiary/aromatic N) is 2. The van der Waals surface area contributed by atoms with Crippen LogP contribution in [0.25, 0.3) is 0 Å². The van der Waals surface area contributed by atoms with E-state index in [9.17, 15) is 67.4 Å². The van der Waals surface area contributed by atoms with Crippen molar-refractivity contribution in [1.29, 1.82) is 0 Å². The maximum atomic E-state index is 14.6. The molecule has 0 aromatic heterocycles. The van der Waals surface area contributed by atoms with Crippen LogP contribution in [0.2, 0.25) is 0 Å². The van der Waals surface area contributed by atoms with Crippen LogP contribution in [0, 0.1) is 5.92 Å². The molecular formula is C55H91N17O14S. The summed E-state index contributed by atoms with van der Waals surface area (Å²) >= 11 is 1.40. The van der Waals surface area contributed by atoms with Crippen LogP contribution in [0.5, 0.6) is 0 Å². The number of nitrogens with two attached hydrogens (primary N) is 6. The Morgan fingerprint density at radius 3 is 1.67 bits per heavy atom. The van der Waals surface area contributed by atoms with Crippen LogP contribution in [-0.4, -0.2) is 191 Å². The summed E-state index contributed by atoms with van der Waals surface area (Å²) in [5.74, 6) is -10.9. The summed E-state index contributed by atoms with van der Waals surface area (Å²) in [5, 5.41) is 32.4. The van der Waals surface area contributed by atoms with Crippen molar-refractivity contribution >= 4 is 94.6 Å². The SMILES string of the molecule is CSCC[C@H](NC(=O)[C@H](CC(C)C)NC(=O)CNC(=O)[C@@H]1CCCN1C(=O)[C@H](Cc1ccccc1)NC(=O)[C@H](CCC(N)=O)NC(=O)[C@H](CCC(N)=O)NC(=O)[C@H](C)NC(=O)[C@H](CCCCN)NC(=O)[C@H](C)NC(=O)[C@@H](N)CCCN=C(N)N)C(=O)O. The van der Waals surface area contributed by atoms with Crippen molar-refractivity contribution in [2.75, 3.05) is 38.2 Å². The highest BCUT2D eigenvalue weighted by molar-refractivity contribution is 7.98. The van der Waals surface area contributed by atoms with Gasteiger partial charge in [0.05, 0.1) is 12.6 Å². The maximum Gasteiger partial charge on any atom is 0.326 e. The summed E-state index contributed by atoms with van der Waals surface area (Å²) in [5.41, 5.74) is 33.8. The Balaban J connectivity index is 2.33. The highest BCUT2D eigenvalue weighted by atomic mass is 32.2. The Kier molecular flexibility index (Phi) is 34.1. The lowest BCUT2D eigenvalue weighted by atomic mass is 10.0. The number of thioether (sulfide) groups is 1. The van der Waals surface area contributed by atoms with E-state index in [1.807, 2.05) is 0 Å². The lowest BCUT2D eigenvalue weighted by Crippen LogP contribution is -2.60. The van der Waals surface area contributed by atoms with Gasteiger partial charge in [0, 0.05) is 32.4 Å². The minimum absolute atomic E-state index is 0.0489. The summed E-state index contributed by atoms with van der Waals surface area (Å²) in [6.07, 6.45) is 2.11. The quantitative estimate of drug-likeness (QED) is 0.0166. The molecule has 0 unspecified atom stereocenters. The first-order chi connectivity index (χ1) is 41.1. The minimum Gasteiger partial charge on any atom is -0.480 e. The predicted molar refractivity (Wildman–Crippen MR) is 322 cm³/mol. The zero-order chi connectivity index (χ0) is 65.3. The van der Waals surface area contributed by atoms with E-state index in [2.05, 4.69) is 52.8 Å². The van der Waals surface area contributed by atoms with E-state index < -0.39 is 170 Å². The van der Waals surface area contributed by atoms with Crippen LogP contribution in [0.3, 0.4) is 0 Å². The van der Waals surface area contributed by atoms with Crippen molar-refractivity contribution in [2.24, 2.45) is 45.3 Å². The van der Waals surface area contributed by atoms with E-state index in [4.69, 9.17) is 34.4 Å². The second-order valence-corrected chi connectivity index (χ2v) is 22.6. The smallest absolute Gasteiger partial charge is 0.326 e. The molecule has 486 valence electrons. The molecule has 1 aliphatic rings. The molecule has 31 nitrogen and oxygen atoms in total. The van der Waals surface area contributed by atoms with E-state index in [1.165, 1.54) is 30.5 Å². The molecule has 0 bridgehead atoms. The van der Waals surface area contributed by atoms with Crippen molar-refractivity contribution in [3.63, 3.8) is 0 Å². The Morgan fingerprint density at radius 1 is 0.621 bits per heavy atom. The third-order valence-corrected chi connectivity index (χ3v) is 14.4. The first kappa shape index (κ1) is 75.0. The Morgan fingerprint density at radius 2 is 1.14 bits per heavy atom. The number of hydrogen-bond donors (Lipinski definition) is 16. The number of hydrogen-bond acceptors (Lipinski definition) is 17. The number of unbranched alkanes of at least 4 members (excludes halogenated alkanes) is 1. The molecule has 1 aliphatic heterocycles. The zero-order valence-electron chi connectivity index (χ0n) is 50.2. The highest BCUT2D eigenvalue weighted by Gasteiger charge is 2.40. The fourth-order valence-corrected chi connectivity index (χ4v) is 9.45. The van der Waals surface area contributed by atoms with E-state index in [-0.39, 0.29) is 70.0 Å². The van der Waals surface area contributed by atoms with Crippen LogP contribution in [-0.2, 0) is 68.7 Å². The molecule has 0 spiro atoms. The van der Waals surface area contributed by atoms with Gasteiger partial charge in [0.1, 0.15) is 54.4 Å². The molecule has 32 heteroatoms. The number of nitrogens with one attached hydrogen (secondary N) is 9. The van der Waals surface area contributed by atoms with Crippen molar-refractivity contribution < 1.29 is 67.4 Å². The molecule has 22 N–H and O–H groups in total. The summed E-state index contributed by atoms with van der Waals surface area (Å²) in [4.78, 5) is 178. The van der Waals surface area contributed by atoms with Gasteiger partial charge in [-0.1, -0.05) is 44.2 Å². The average molecular weight is 1250 g/mol. The fraction of sp³-hybridized carbons (Fsp3) is 0.636.